The monoisotopic (exact) mass is 516 g/mol. The Balaban J connectivity index is 1.74. The Kier molecular flexibility index (Phi) is 8.94. The summed E-state index contributed by atoms with van der Waals surface area (Å²) in [4.78, 5) is 27.5. The number of anilines is 1. The van der Waals surface area contributed by atoms with Gasteiger partial charge in [-0.3, -0.25) is 9.59 Å². The van der Waals surface area contributed by atoms with E-state index in [2.05, 4.69) is 31.8 Å². The van der Waals surface area contributed by atoms with E-state index in [1.54, 1.807) is 36.4 Å². The van der Waals surface area contributed by atoms with E-state index in [9.17, 15) is 9.59 Å². The van der Waals surface area contributed by atoms with Crippen LogP contribution in [0.1, 0.15) is 21.5 Å². The van der Waals surface area contributed by atoms with Crippen LogP contribution in [0.4, 0.5) is 5.69 Å². The number of nitrogens with one attached hydrogen (secondary N) is 2. The molecular formula is C27H25BrN4O2. The van der Waals surface area contributed by atoms with Gasteiger partial charge in [0.2, 0.25) is 0 Å². The molecule has 34 heavy (non-hydrogen) atoms. The lowest BCUT2D eigenvalue weighted by Gasteiger charge is -2.12. The van der Waals surface area contributed by atoms with E-state index in [1.807, 2.05) is 79.7 Å². The van der Waals surface area contributed by atoms with Crippen molar-refractivity contribution in [2.75, 3.05) is 19.0 Å². The molecule has 2 amide bonds. The maximum absolute atomic E-state index is 12.8. The SMILES string of the molecule is CN(C)c1ccc(/C=C(\NC(=O)c2ccccc2)C(=O)N/N=C/C=C/c2ccc(Br)cc2)cc1. The summed E-state index contributed by atoms with van der Waals surface area (Å²) >= 11 is 3.40. The summed E-state index contributed by atoms with van der Waals surface area (Å²) in [5.74, 6) is -0.916. The first-order valence-electron chi connectivity index (χ1n) is 10.5. The zero-order valence-corrected chi connectivity index (χ0v) is 20.5. The van der Waals surface area contributed by atoms with Gasteiger partial charge in [-0.25, -0.2) is 5.43 Å². The van der Waals surface area contributed by atoms with Crippen molar-refractivity contribution in [2.45, 2.75) is 0 Å². The van der Waals surface area contributed by atoms with E-state index in [0.717, 1.165) is 21.3 Å². The number of hydrazone groups is 1. The number of carbonyl (C=O) groups excluding carboxylic acids is 2. The Labute approximate surface area is 207 Å². The van der Waals surface area contributed by atoms with E-state index in [-0.39, 0.29) is 11.6 Å². The van der Waals surface area contributed by atoms with Crippen molar-refractivity contribution in [2.24, 2.45) is 5.10 Å². The first kappa shape index (κ1) is 24.7. The summed E-state index contributed by atoms with van der Waals surface area (Å²) in [6.07, 6.45) is 6.67. The molecule has 0 aliphatic carbocycles. The first-order valence-corrected chi connectivity index (χ1v) is 11.3. The van der Waals surface area contributed by atoms with Crippen molar-refractivity contribution in [1.82, 2.24) is 10.7 Å². The van der Waals surface area contributed by atoms with E-state index >= 15 is 0 Å². The molecule has 0 fully saturated rings. The fraction of sp³-hybridized carbons (Fsp3) is 0.0741. The van der Waals surface area contributed by atoms with Crippen LogP contribution in [0.25, 0.3) is 12.2 Å². The smallest absolute Gasteiger partial charge is 0.287 e. The number of carbonyl (C=O) groups is 2. The van der Waals surface area contributed by atoms with Crippen molar-refractivity contribution in [1.29, 1.82) is 0 Å². The lowest BCUT2D eigenvalue weighted by Crippen LogP contribution is -2.32. The summed E-state index contributed by atoms with van der Waals surface area (Å²) in [6, 6.07) is 24.1. The van der Waals surface area contributed by atoms with Crippen LogP contribution in [0, 0.1) is 0 Å². The summed E-state index contributed by atoms with van der Waals surface area (Å²) in [5, 5.41) is 6.66. The molecule has 0 aromatic heterocycles. The van der Waals surface area contributed by atoms with Crippen molar-refractivity contribution < 1.29 is 9.59 Å². The predicted molar refractivity (Wildman–Crippen MR) is 142 cm³/mol. The number of amides is 2. The quantitative estimate of drug-likeness (QED) is 0.248. The molecule has 0 radical (unpaired) electrons. The van der Waals surface area contributed by atoms with Crippen LogP contribution in [0.15, 0.2) is 100 Å². The predicted octanol–water partition coefficient (Wildman–Crippen LogP) is 5.10. The molecule has 0 atom stereocenters. The largest absolute Gasteiger partial charge is 0.378 e. The molecule has 0 saturated heterocycles. The summed E-state index contributed by atoms with van der Waals surface area (Å²) in [6.45, 7) is 0. The van der Waals surface area contributed by atoms with Crippen LogP contribution in [-0.2, 0) is 4.79 Å². The molecule has 3 rings (SSSR count). The standard InChI is InChI=1S/C27H25BrN4O2/c1-32(2)24-16-12-21(13-17-24)19-25(30-26(33)22-8-4-3-5-9-22)27(34)31-29-18-6-7-20-10-14-23(28)15-11-20/h3-19H,1-2H3,(H,30,33)(H,31,34)/b7-6+,25-19-,29-18+. The highest BCUT2D eigenvalue weighted by atomic mass is 79.9. The van der Waals surface area contributed by atoms with E-state index in [4.69, 9.17) is 0 Å². The topological polar surface area (TPSA) is 73.8 Å². The van der Waals surface area contributed by atoms with Crippen LogP contribution >= 0.6 is 15.9 Å². The van der Waals surface area contributed by atoms with Gasteiger partial charge in [0.05, 0.1) is 0 Å². The maximum Gasteiger partial charge on any atom is 0.287 e. The third-order valence-electron chi connectivity index (χ3n) is 4.73. The Bertz CT molecular complexity index is 1200. The summed E-state index contributed by atoms with van der Waals surface area (Å²) in [7, 11) is 3.90. The van der Waals surface area contributed by atoms with Gasteiger partial charge in [-0.15, -0.1) is 0 Å². The second-order valence-corrected chi connectivity index (χ2v) is 8.41. The Morgan fingerprint density at radius 2 is 1.53 bits per heavy atom. The third kappa shape index (κ3) is 7.56. The van der Waals surface area contributed by atoms with Gasteiger partial charge in [-0.1, -0.05) is 64.5 Å². The summed E-state index contributed by atoms with van der Waals surface area (Å²) in [5.41, 5.74) is 5.79. The minimum absolute atomic E-state index is 0.0838. The van der Waals surface area contributed by atoms with Crippen molar-refractivity contribution in [3.63, 3.8) is 0 Å². The van der Waals surface area contributed by atoms with Gasteiger partial charge in [0, 0.05) is 36.0 Å². The number of hydrogen-bond acceptors (Lipinski definition) is 4. The van der Waals surface area contributed by atoms with E-state index in [1.165, 1.54) is 6.21 Å². The highest BCUT2D eigenvalue weighted by Crippen LogP contribution is 2.15. The second-order valence-electron chi connectivity index (χ2n) is 7.49. The molecule has 3 aromatic rings. The zero-order valence-electron chi connectivity index (χ0n) is 18.9. The van der Waals surface area contributed by atoms with Gasteiger partial charge in [-0.2, -0.15) is 5.10 Å². The molecule has 0 aliphatic rings. The number of hydrogen-bond donors (Lipinski definition) is 2. The summed E-state index contributed by atoms with van der Waals surface area (Å²) < 4.78 is 0.999. The third-order valence-corrected chi connectivity index (χ3v) is 5.26. The number of nitrogens with zero attached hydrogens (tertiary/aromatic N) is 2. The average Bonchev–Trinajstić information content (AvgIpc) is 2.85. The number of halogens is 1. The fourth-order valence-electron chi connectivity index (χ4n) is 2.90. The first-order chi connectivity index (χ1) is 16.4. The Morgan fingerprint density at radius 3 is 2.18 bits per heavy atom. The van der Waals surface area contributed by atoms with Crippen LogP contribution < -0.4 is 15.6 Å². The molecule has 0 aliphatic heterocycles. The number of rotatable bonds is 8. The van der Waals surface area contributed by atoms with Crippen LogP contribution in [0.2, 0.25) is 0 Å². The number of benzene rings is 3. The molecule has 6 nitrogen and oxygen atoms in total. The minimum Gasteiger partial charge on any atom is -0.378 e. The van der Waals surface area contributed by atoms with Gasteiger partial charge in [0.25, 0.3) is 11.8 Å². The molecule has 7 heteroatoms. The highest BCUT2D eigenvalue weighted by molar-refractivity contribution is 9.10. The minimum atomic E-state index is -0.533. The molecule has 0 saturated carbocycles. The Morgan fingerprint density at radius 1 is 0.882 bits per heavy atom. The van der Waals surface area contributed by atoms with Crippen molar-refractivity contribution in [3.8, 4) is 0 Å². The van der Waals surface area contributed by atoms with Gasteiger partial charge < -0.3 is 10.2 Å². The number of allylic oxidation sites excluding steroid dienone is 1. The second kappa shape index (κ2) is 12.3. The average molecular weight is 517 g/mol. The van der Waals surface area contributed by atoms with Gasteiger partial charge in [0.15, 0.2) is 0 Å². The fourth-order valence-corrected chi connectivity index (χ4v) is 3.17. The molecule has 0 bridgehead atoms. The van der Waals surface area contributed by atoms with Crippen LogP contribution in [-0.4, -0.2) is 32.1 Å². The molecule has 0 heterocycles. The van der Waals surface area contributed by atoms with Gasteiger partial charge in [0.1, 0.15) is 5.70 Å². The molecular weight excluding hydrogens is 492 g/mol. The molecule has 3 aromatic carbocycles. The van der Waals surface area contributed by atoms with Crippen LogP contribution in [0.5, 0.6) is 0 Å². The van der Waals surface area contributed by atoms with E-state index < -0.39 is 5.91 Å². The molecule has 0 unspecified atom stereocenters. The van der Waals surface area contributed by atoms with Crippen LogP contribution in [0.3, 0.4) is 0 Å². The Hall–Kier alpha value is -3.97. The lowest BCUT2D eigenvalue weighted by atomic mass is 10.1. The zero-order chi connectivity index (χ0) is 24.3. The normalized spacial score (nSPS) is 11.6. The van der Waals surface area contributed by atoms with Gasteiger partial charge in [-0.05, 0) is 59.7 Å². The lowest BCUT2D eigenvalue weighted by molar-refractivity contribution is -0.117. The maximum atomic E-state index is 12.8. The van der Waals surface area contributed by atoms with Gasteiger partial charge >= 0.3 is 0 Å². The van der Waals surface area contributed by atoms with E-state index in [0.29, 0.717) is 5.56 Å². The van der Waals surface area contributed by atoms with Crippen molar-refractivity contribution in [3.05, 3.63) is 112 Å². The van der Waals surface area contributed by atoms with Crippen molar-refractivity contribution >= 4 is 51.8 Å². The molecule has 2 N–H and O–H groups in total. The molecule has 0 spiro atoms. The highest BCUT2D eigenvalue weighted by Gasteiger charge is 2.14. The molecule has 172 valence electrons.